The van der Waals surface area contributed by atoms with Gasteiger partial charge in [-0.2, -0.15) is 5.26 Å². The van der Waals surface area contributed by atoms with Crippen LogP contribution in [0.15, 0.2) is 50.6 Å². The highest BCUT2D eigenvalue weighted by Gasteiger charge is 2.27. The molecule has 1 N–H and O–H groups in total. The first-order valence-corrected chi connectivity index (χ1v) is 11.1. The minimum atomic E-state index is -0.930. The Balaban J connectivity index is 2.30. The van der Waals surface area contributed by atoms with Crippen molar-refractivity contribution in [3.63, 3.8) is 0 Å². The smallest absolute Gasteiger partial charge is 0.345 e. The molecule has 0 fully saturated rings. The van der Waals surface area contributed by atoms with Gasteiger partial charge in [0.25, 0.3) is 0 Å². The third kappa shape index (κ3) is 5.78. The largest absolute Gasteiger partial charge is 0.477 e. The topological polar surface area (TPSA) is 87.4 Å². The lowest BCUT2D eigenvalue weighted by molar-refractivity contribution is -0.137. The molecule has 5 nitrogen and oxygen atoms in total. The number of benzene rings is 1. The average molecular weight is 430 g/mol. The number of hydrogen-bond acceptors (Lipinski definition) is 6. The number of carboxylic acid groups (broad SMARTS) is 1. The number of thioether (sulfide) groups is 2. The van der Waals surface area contributed by atoms with E-state index in [4.69, 9.17) is 9.84 Å². The van der Waals surface area contributed by atoms with Gasteiger partial charge in [-0.3, -0.25) is 0 Å². The number of carbonyl (C=O) groups excluding carboxylic acids is 1. The lowest BCUT2D eigenvalue weighted by Crippen LogP contribution is -2.11. The first-order valence-electron chi connectivity index (χ1n) is 9.27. The molecule has 1 aromatic rings. The number of aliphatic carboxylic acids is 1. The average Bonchev–Trinajstić information content (AvgIpc) is 2.73. The Morgan fingerprint density at radius 1 is 1.31 bits per heavy atom. The highest BCUT2D eigenvalue weighted by Crippen LogP contribution is 2.44. The van der Waals surface area contributed by atoms with Crippen molar-refractivity contribution in [2.45, 2.75) is 39.4 Å². The maximum Gasteiger partial charge on any atom is 0.345 e. The number of carbonyl (C=O) groups is 2. The molecular weight excluding hydrogens is 406 g/mol. The van der Waals surface area contributed by atoms with Crippen molar-refractivity contribution < 1.29 is 19.4 Å². The second kappa shape index (κ2) is 10.9. The molecule has 152 valence electrons. The monoisotopic (exact) mass is 429 g/mol. The molecule has 29 heavy (non-hydrogen) atoms. The van der Waals surface area contributed by atoms with E-state index >= 15 is 0 Å². The van der Waals surface area contributed by atoms with Gasteiger partial charge in [0.2, 0.25) is 0 Å². The Bertz CT molecular complexity index is 921. The Morgan fingerprint density at radius 2 is 2.00 bits per heavy atom. The van der Waals surface area contributed by atoms with Crippen molar-refractivity contribution in [2.75, 3.05) is 6.61 Å². The van der Waals surface area contributed by atoms with Crippen LogP contribution in [0.1, 0.15) is 44.7 Å². The van der Waals surface area contributed by atoms with Crippen molar-refractivity contribution in [3.05, 3.63) is 61.8 Å². The van der Waals surface area contributed by atoms with Gasteiger partial charge in [0.15, 0.2) is 0 Å². The van der Waals surface area contributed by atoms with Crippen molar-refractivity contribution in [1.82, 2.24) is 0 Å². The number of ether oxygens (including phenoxy) is 1. The number of esters is 1. The summed E-state index contributed by atoms with van der Waals surface area (Å²) in [7, 11) is 0. The van der Waals surface area contributed by atoms with Gasteiger partial charge in [-0.25, -0.2) is 9.59 Å². The molecule has 0 spiro atoms. The summed E-state index contributed by atoms with van der Waals surface area (Å²) in [6, 6.07) is 9.92. The summed E-state index contributed by atoms with van der Waals surface area (Å²) >= 11 is 2.59. The van der Waals surface area contributed by atoms with E-state index in [1.54, 1.807) is 19.9 Å². The summed E-state index contributed by atoms with van der Waals surface area (Å²) in [6.07, 6.45) is 2.67. The fourth-order valence-electron chi connectivity index (χ4n) is 2.82. The third-order valence-corrected chi connectivity index (χ3v) is 6.87. The number of allylic oxidation sites excluding steroid dienone is 4. The number of hydrogen-bond donors (Lipinski definition) is 1. The van der Waals surface area contributed by atoms with Crippen molar-refractivity contribution >= 4 is 41.0 Å². The molecule has 7 heteroatoms. The van der Waals surface area contributed by atoms with E-state index in [1.165, 1.54) is 23.5 Å². The van der Waals surface area contributed by atoms with Crippen LogP contribution in [0.3, 0.4) is 0 Å². The van der Waals surface area contributed by atoms with Gasteiger partial charge in [-0.05, 0) is 37.0 Å². The molecule has 0 unspecified atom stereocenters. The van der Waals surface area contributed by atoms with E-state index in [9.17, 15) is 14.9 Å². The van der Waals surface area contributed by atoms with Gasteiger partial charge in [0.05, 0.1) is 17.6 Å². The second-order valence-electron chi connectivity index (χ2n) is 6.12. The van der Waals surface area contributed by atoms with Crippen LogP contribution in [-0.2, 0) is 20.1 Å². The molecule has 1 aliphatic heterocycles. The molecule has 0 amide bonds. The molecule has 0 atom stereocenters. The Kier molecular flexibility index (Phi) is 8.62. The Labute approximate surface area is 179 Å². The van der Waals surface area contributed by atoms with Crippen molar-refractivity contribution in [1.29, 1.82) is 5.26 Å². The van der Waals surface area contributed by atoms with Gasteiger partial charge >= 0.3 is 11.9 Å². The fraction of sp³-hybridized carbons (Fsp3) is 0.318. The van der Waals surface area contributed by atoms with E-state index in [-0.39, 0.29) is 5.97 Å². The van der Waals surface area contributed by atoms with E-state index < -0.39 is 5.97 Å². The van der Waals surface area contributed by atoms with Gasteiger partial charge in [0.1, 0.15) is 4.91 Å². The lowest BCUT2D eigenvalue weighted by atomic mass is 9.96. The predicted octanol–water partition coefficient (Wildman–Crippen LogP) is 5.51. The molecule has 2 rings (SSSR count). The second-order valence-corrected chi connectivity index (χ2v) is 8.24. The van der Waals surface area contributed by atoms with Crippen LogP contribution in [0.5, 0.6) is 0 Å². The SMILES string of the molecule is C/C=C(\SCc1ccc(C2=C(C(=O)OCC)SC(CC)=C(C#N)C2)cc1)C(=O)O. The summed E-state index contributed by atoms with van der Waals surface area (Å²) in [5.41, 5.74) is 3.31. The molecule has 0 aliphatic carbocycles. The normalized spacial score (nSPS) is 14.6. The third-order valence-electron chi connectivity index (χ3n) is 4.28. The zero-order chi connectivity index (χ0) is 21.4. The molecule has 0 radical (unpaired) electrons. The molecule has 1 aromatic carbocycles. The maximum atomic E-state index is 12.5. The number of nitriles is 1. The van der Waals surface area contributed by atoms with E-state index in [0.717, 1.165) is 21.6 Å². The first kappa shape index (κ1) is 22.9. The summed E-state index contributed by atoms with van der Waals surface area (Å²) in [5, 5.41) is 18.6. The van der Waals surface area contributed by atoms with Crippen LogP contribution in [0, 0.1) is 11.3 Å². The van der Waals surface area contributed by atoms with Crippen LogP contribution >= 0.6 is 23.5 Å². The van der Waals surface area contributed by atoms with Crippen LogP contribution in [-0.4, -0.2) is 23.7 Å². The fourth-order valence-corrected chi connectivity index (χ4v) is 4.71. The van der Waals surface area contributed by atoms with E-state index in [0.29, 0.717) is 40.6 Å². The minimum Gasteiger partial charge on any atom is -0.477 e. The highest BCUT2D eigenvalue weighted by molar-refractivity contribution is 8.07. The highest BCUT2D eigenvalue weighted by atomic mass is 32.2. The van der Waals surface area contributed by atoms with Crippen LogP contribution < -0.4 is 0 Å². The maximum absolute atomic E-state index is 12.5. The molecular formula is C22H23NO4S2. The molecule has 0 saturated carbocycles. The number of rotatable bonds is 8. The molecule has 1 heterocycles. The molecule has 0 saturated heterocycles. The zero-order valence-corrected chi connectivity index (χ0v) is 18.3. The van der Waals surface area contributed by atoms with Gasteiger partial charge in [-0.1, -0.05) is 49.0 Å². The zero-order valence-electron chi connectivity index (χ0n) is 16.7. The predicted molar refractivity (Wildman–Crippen MR) is 118 cm³/mol. The Morgan fingerprint density at radius 3 is 2.52 bits per heavy atom. The summed E-state index contributed by atoms with van der Waals surface area (Å²) in [4.78, 5) is 25.4. The van der Waals surface area contributed by atoms with Crippen molar-refractivity contribution in [2.24, 2.45) is 0 Å². The first-order chi connectivity index (χ1) is 13.9. The summed E-state index contributed by atoms with van der Waals surface area (Å²) in [5.74, 6) is -0.761. The lowest BCUT2D eigenvalue weighted by Gasteiger charge is -2.21. The number of nitrogens with zero attached hydrogens (tertiary/aromatic N) is 1. The minimum absolute atomic E-state index is 0.291. The molecule has 0 aromatic heterocycles. The van der Waals surface area contributed by atoms with Gasteiger partial charge in [-0.15, -0.1) is 11.8 Å². The Hall–Kier alpha value is -2.43. The van der Waals surface area contributed by atoms with Crippen LogP contribution in [0.25, 0.3) is 5.57 Å². The van der Waals surface area contributed by atoms with E-state index in [1.807, 2.05) is 31.2 Å². The molecule has 1 aliphatic rings. The summed E-state index contributed by atoms with van der Waals surface area (Å²) < 4.78 is 5.23. The summed E-state index contributed by atoms with van der Waals surface area (Å²) in [6.45, 7) is 5.73. The van der Waals surface area contributed by atoms with Gasteiger partial charge < -0.3 is 9.84 Å². The van der Waals surface area contributed by atoms with Crippen LogP contribution in [0.4, 0.5) is 0 Å². The quantitative estimate of drug-likeness (QED) is 0.431. The van der Waals surface area contributed by atoms with Crippen molar-refractivity contribution in [3.8, 4) is 6.07 Å². The van der Waals surface area contributed by atoms with Gasteiger partial charge in [0, 0.05) is 22.7 Å². The molecule has 0 bridgehead atoms. The van der Waals surface area contributed by atoms with E-state index in [2.05, 4.69) is 6.07 Å². The van der Waals surface area contributed by atoms with Crippen LogP contribution in [0.2, 0.25) is 0 Å². The number of carboxylic acids is 1. The standard InChI is InChI=1S/C22H23NO4S2/c1-4-18-16(12-23)11-17(20(29-18)22(26)27-6-3)15-9-7-14(8-10-15)13-28-19(5-2)21(24)25/h5,7-10H,4,6,11,13H2,1-3H3,(H,24,25)/b19-5-.